The van der Waals surface area contributed by atoms with Gasteiger partial charge in [0.15, 0.2) is 5.78 Å². The molecule has 1 heterocycles. The minimum absolute atomic E-state index is 0.118. The third kappa shape index (κ3) is 2.53. The van der Waals surface area contributed by atoms with Gasteiger partial charge in [0, 0.05) is 30.1 Å². The van der Waals surface area contributed by atoms with E-state index in [1.807, 2.05) is 6.92 Å². The third-order valence-electron chi connectivity index (χ3n) is 2.22. The third-order valence-corrected chi connectivity index (χ3v) is 2.22. The van der Waals surface area contributed by atoms with Crippen LogP contribution in [-0.4, -0.2) is 23.9 Å². The lowest BCUT2D eigenvalue weighted by molar-refractivity contribution is -0.119. The number of ketones is 1. The number of nitrogen functional groups attached to an aromatic ring is 1. The van der Waals surface area contributed by atoms with Gasteiger partial charge in [0.2, 0.25) is 0 Å². The summed E-state index contributed by atoms with van der Waals surface area (Å²) < 4.78 is 0. The Morgan fingerprint density at radius 3 is 3.00 bits per heavy atom. The molecule has 0 aliphatic rings. The molecule has 0 saturated carbocycles. The average Bonchev–Trinajstić information content (AvgIpc) is 2.20. The quantitative estimate of drug-likeness (QED) is 0.725. The van der Waals surface area contributed by atoms with Gasteiger partial charge in [-0.1, -0.05) is 0 Å². The Hall–Kier alpha value is -1.42. The molecule has 0 bridgehead atoms. The molecule has 0 amide bonds. The van der Waals surface area contributed by atoms with E-state index in [2.05, 4.69) is 10.3 Å². The fraction of sp³-hybridized carbons (Fsp3) is 0.400. The van der Waals surface area contributed by atoms with E-state index in [0.29, 0.717) is 12.1 Å². The molecule has 0 aliphatic heterocycles. The summed E-state index contributed by atoms with van der Waals surface area (Å²) in [6.45, 7) is 1.83. The maximum atomic E-state index is 11.5. The molecule has 0 saturated heterocycles. The fourth-order valence-corrected chi connectivity index (χ4v) is 1.09. The van der Waals surface area contributed by atoms with Gasteiger partial charge in [-0.05, 0) is 20.0 Å². The van der Waals surface area contributed by atoms with Crippen LogP contribution in [0.3, 0.4) is 0 Å². The number of likely N-dealkylation sites (N-methyl/N-ethyl adjacent to an activating group) is 1. The maximum absolute atomic E-state index is 11.5. The molecule has 0 fully saturated rings. The average molecular weight is 193 g/mol. The predicted molar refractivity (Wildman–Crippen MR) is 55.9 cm³/mol. The number of carbonyl (C=O) groups is 1. The van der Waals surface area contributed by atoms with Crippen LogP contribution in [0.25, 0.3) is 0 Å². The van der Waals surface area contributed by atoms with E-state index in [9.17, 15) is 4.79 Å². The van der Waals surface area contributed by atoms with Crippen molar-refractivity contribution < 1.29 is 4.79 Å². The Morgan fingerprint density at radius 1 is 1.71 bits per heavy atom. The van der Waals surface area contributed by atoms with Crippen LogP contribution < -0.4 is 11.1 Å². The largest absolute Gasteiger partial charge is 0.398 e. The van der Waals surface area contributed by atoms with Crippen LogP contribution in [0.4, 0.5) is 5.69 Å². The molecule has 0 spiro atoms. The maximum Gasteiger partial charge on any atom is 0.153 e. The second-order valence-corrected chi connectivity index (χ2v) is 3.23. The minimum atomic E-state index is -0.144. The number of nitrogens with two attached hydrogens (primary N) is 1. The summed E-state index contributed by atoms with van der Waals surface area (Å²) in [5.74, 6) is 0.118. The molecule has 14 heavy (non-hydrogen) atoms. The number of hydrogen-bond donors (Lipinski definition) is 2. The highest BCUT2D eigenvalue weighted by molar-refractivity contribution is 5.86. The lowest BCUT2D eigenvalue weighted by atomic mass is 10.1. The van der Waals surface area contributed by atoms with Crippen LogP contribution in [-0.2, 0) is 11.2 Å². The summed E-state index contributed by atoms with van der Waals surface area (Å²) in [4.78, 5) is 15.5. The molecule has 0 radical (unpaired) electrons. The molecule has 76 valence electrons. The standard InChI is InChI=1S/C10H15N3O/c1-7(12-2)10(14)5-8-6-13-4-3-9(8)11/h3-4,6-7,12H,5H2,1-2H3,(H2,11,13). The number of anilines is 1. The summed E-state index contributed by atoms with van der Waals surface area (Å²) in [6.07, 6.45) is 3.59. The van der Waals surface area contributed by atoms with Crippen molar-refractivity contribution in [2.75, 3.05) is 12.8 Å². The van der Waals surface area contributed by atoms with E-state index in [1.165, 1.54) is 0 Å². The van der Waals surface area contributed by atoms with Gasteiger partial charge in [-0.3, -0.25) is 9.78 Å². The van der Waals surface area contributed by atoms with Gasteiger partial charge in [0.1, 0.15) is 0 Å². The van der Waals surface area contributed by atoms with Gasteiger partial charge >= 0.3 is 0 Å². The number of carbonyl (C=O) groups excluding carboxylic acids is 1. The molecule has 1 rings (SSSR count). The molecule has 1 aromatic rings. The van der Waals surface area contributed by atoms with Gasteiger partial charge in [0.25, 0.3) is 0 Å². The van der Waals surface area contributed by atoms with E-state index >= 15 is 0 Å². The number of nitrogens with one attached hydrogen (secondary N) is 1. The summed E-state index contributed by atoms with van der Waals surface area (Å²) in [5.41, 5.74) is 7.11. The van der Waals surface area contributed by atoms with Gasteiger partial charge < -0.3 is 11.1 Å². The summed E-state index contributed by atoms with van der Waals surface area (Å²) in [6, 6.07) is 1.56. The lowest BCUT2D eigenvalue weighted by Gasteiger charge is -2.09. The van der Waals surface area contributed by atoms with Crippen molar-refractivity contribution in [2.45, 2.75) is 19.4 Å². The molecule has 3 N–H and O–H groups in total. The van der Waals surface area contributed by atoms with Crippen LogP contribution in [0.2, 0.25) is 0 Å². The number of hydrogen-bond acceptors (Lipinski definition) is 4. The molecule has 4 nitrogen and oxygen atoms in total. The molecule has 4 heteroatoms. The summed E-state index contributed by atoms with van der Waals surface area (Å²) in [7, 11) is 1.76. The lowest BCUT2D eigenvalue weighted by Crippen LogP contribution is -2.32. The Kier molecular flexibility index (Phi) is 3.59. The SMILES string of the molecule is CNC(C)C(=O)Cc1cnccc1N. The van der Waals surface area contributed by atoms with Crippen molar-refractivity contribution in [3.63, 3.8) is 0 Å². The van der Waals surface area contributed by atoms with Crippen LogP contribution >= 0.6 is 0 Å². The summed E-state index contributed by atoms with van der Waals surface area (Å²) >= 11 is 0. The van der Waals surface area contributed by atoms with Gasteiger partial charge in [-0.15, -0.1) is 0 Å². The molecule has 0 aromatic carbocycles. The molecule has 0 aliphatic carbocycles. The number of nitrogens with zero attached hydrogens (tertiary/aromatic N) is 1. The highest BCUT2D eigenvalue weighted by Gasteiger charge is 2.12. The Labute approximate surface area is 83.5 Å². The number of aromatic nitrogens is 1. The molecule has 1 unspecified atom stereocenters. The van der Waals surface area contributed by atoms with E-state index in [0.717, 1.165) is 5.56 Å². The van der Waals surface area contributed by atoms with Crippen molar-refractivity contribution >= 4 is 11.5 Å². The Balaban J connectivity index is 2.70. The second kappa shape index (κ2) is 4.72. The first-order chi connectivity index (χ1) is 6.65. The van der Waals surface area contributed by atoms with E-state index in [1.54, 1.807) is 25.5 Å². The van der Waals surface area contributed by atoms with E-state index in [4.69, 9.17) is 5.73 Å². The first-order valence-corrected chi connectivity index (χ1v) is 4.53. The van der Waals surface area contributed by atoms with Gasteiger partial charge in [-0.2, -0.15) is 0 Å². The first kappa shape index (κ1) is 10.7. The summed E-state index contributed by atoms with van der Waals surface area (Å²) in [5, 5.41) is 2.89. The zero-order valence-corrected chi connectivity index (χ0v) is 8.45. The van der Waals surface area contributed by atoms with Gasteiger partial charge in [-0.25, -0.2) is 0 Å². The van der Waals surface area contributed by atoms with Crippen molar-refractivity contribution in [2.24, 2.45) is 0 Å². The highest BCUT2D eigenvalue weighted by atomic mass is 16.1. The minimum Gasteiger partial charge on any atom is -0.398 e. The van der Waals surface area contributed by atoms with Crippen molar-refractivity contribution in [3.8, 4) is 0 Å². The van der Waals surface area contributed by atoms with Crippen LogP contribution in [0.5, 0.6) is 0 Å². The zero-order chi connectivity index (χ0) is 10.6. The van der Waals surface area contributed by atoms with Crippen molar-refractivity contribution in [1.82, 2.24) is 10.3 Å². The van der Waals surface area contributed by atoms with Crippen LogP contribution in [0, 0.1) is 0 Å². The van der Waals surface area contributed by atoms with Crippen molar-refractivity contribution in [1.29, 1.82) is 0 Å². The normalized spacial score (nSPS) is 12.4. The second-order valence-electron chi connectivity index (χ2n) is 3.23. The van der Waals surface area contributed by atoms with Gasteiger partial charge in [0.05, 0.1) is 6.04 Å². The molecule has 1 aromatic heterocycles. The monoisotopic (exact) mass is 193 g/mol. The van der Waals surface area contributed by atoms with Crippen LogP contribution in [0.1, 0.15) is 12.5 Å². The fourth-order valence-electron chi connectivity index (χ4n) is 1.09. The van der Waals surface area contributed by atoms with E-state index < -0.39 is 0 Å². The number of Topliss-reactive ketones (excluding diaryl/α,β-unsaturated/α-hetero) is 1. The topological polar surface area (TPSA) is 68.0 Å². The smallest absolute Gasteiger partial charge is 0.153 e. The Bertz CT molecular complexity index is 325. The zero-order valence-electron chi connectivity index (χ0n) is 8.45. The predicted octanol–water partition coefficient (Wildman–Crippen LogP) is 0.383. The van der Waals surface area contributed by atoms with E-state index in [-0.39, 0.29) is 11.8 Å². The van der Waals surface area contributed by atoms with Crippen molar-refractivity contribution in [3.05, 3.63) is 24.0 Å². The van der Waals surface area contributed by atoms with Crippen LogP contribution in [0.15, 0.2) is 18.5 Å². The molecule has 1 atom stereocenters. The first-order valence-electron chi connectivity index (χ1n) is 4.53. The molecular formula is C10H15N3O. The highest BCUT2D eigenvalue weighted by Crippen LogP contribution is 2.10. The number of pyridine rings is 1. The molecular weight excluding hydrogens is 178 g/mol. The number of rotatable bonds is 4. The Morgan fingerprint density at radius 2 is 2.43 bits per heavy atom.